The Kier molecular flexibility index (Phi) is 5.88. The van der Waals surface area contributed by atoms with Gasteiger partial charge in [0.1, 0.15) is 0 Å². The molecule has 0 amide bonds. The average molecular weight is 235 g/mol. The van der Waals surface area contributed by atoms with Gasteiger partial charge in [-0.25, -0.2) is 0 Å². The molecule has 0 radical (unpaired) electrons. The van der Waals surface area contributed by atoms with Crippen LogP contribution in [0.25, 0.3) is 0 Å². The van der Waals surface area contributed by atoms with Crippen molar-refractivity contribution in [3.05, 3.63) is 29.8 Å². The quantitative estimate of drug-likeness (QED) is 0.735. The van der Waals surface area contributed by atoms with Gasteiger partial charge in [-0.1, -0.05) is 13.0 Å². The van der Waals surface area contributed by atoms with E-state index in [1.54, 1.807) is 6.92 Å². The number of anilines is 1. The highest BCUT2D eigenvalue weighted by Gasteiger charge is 2.30. The number of aliphatic hydroxyl groups is 1. The second-order valence-electron chi connectivity index (χ2n) is 3.38. The van der Waals surface area contributed by atoms with Gasteiger partial charge in [0.15, 0.2) is 0 Å². The van der Waals surface area contributed by atoms with Gasteiger partial charge >= 0.3 is 6.18 Å². The first-order valence-electron chi connectivity index (χ1n) is 4.88. The molecule has 1 rings (SSSR count). The van der Waals surface area contributed by atoms with Crippen LogP contribution in [-0.2, 0) is 6.18 Å². The van der Waals surface area contributed by atoms with Crippen molar-refractivity contribution in [1.29, 1.82) is 0 Å². The minimum Gasteiger partial charge on any atom is -0.399 e. The minimum atomic E-state index is -4.30. The molecule has 1 aromatic carbocycles. The van der Waals surface area contributed by atoms with E-state index >= 15 is 0 Å². The summed E-state index contributed by atoms with van der Waals surface area (Å²) in [6, 6.07) is 4.57. The molecule has 16 heavy (non-hydrogen) atoms. The molecule has 0 spiro atoms. The van der Waals surface area contributed by atoms with Gasteiger partial charge in [-0.2, -0.15) is 13.2 Å². The van der Waals surface area contributed by atoms with Crippen molar-refractivity contribution in [1.82, 2.24) is 0 Å². The van der Waals surface area contributed by atoms with Gasteiger partial charge in [-0.3, -0.25) is 0 Å². The molecule has 3 N–H and O–H groups in total. The molecule has 0 fully saturated rings. The molecule has 0 bridgehead atoms. The fourth-order valence-corrected chi connectivity index (χ4v) is 0.715. The Labute approximate surface area is 92.9 Å². The highest BCUT2D eigenvalue weighted by Crippen LogP contribution is 2.29. The molecular weight excluding hydrogens is 219 g/mol. The molecule has 92 valence electrons. The van der Waals surface area contributed by atoms with Crippen LogP contribution in [0.15, 0.2) is 24.3 Å². The van der Waals surface area contributed by atoms with Gasteiger partial charge in [0.25, 0.3) is 0 Å². The van der Waals surface area contributed by atoms with Crippen LogP contribution >= 0.6 is 0 Å². The van der Waals surface area contributed by atoms with E-state index in [4.69, 9.17) is 10.8 Å². The van der Waals surface area contributed by atoms with Crippen LogP contribution < -0.4 is 5.73 Å². The number of alkyl halides is 3. The maximum atomic E-state index is 11.9. The van der Waals surface area contributed by atoms with Crippen molar-refractivity contribution in [2.24, 2.45) is 0 Å². The number of aliphatic hydroxyl groups excluding tert-OH is 1. The van der Waals surface area contributed by atoms with Gasteiger partial charge in [-0.15, -0.1) is 0 Å². The monoisotopic (exact) mass is 235 g/mol. The van der Waals surface area contributed by atoms with Crippen LogP contribution in [0.4, 0.5) is 18.9 Å². The minimum absolute atomic E-state index is 0.116. The fourth-order valence-electron chi connectivity index (χ4n) is 0.715. The van der Waals surface area contributed by atoms with Crippen LogP contribution in [-0.4, -0.2) is 11.2 Å². The summed E-state index contributed by atoms with van der Waals surface area (Å²) >= 11 is 0. The van der Waals surface area contributed by atoms with E-state index in [9.17, 15) is 13.2 Å². The van der Waals surface area contributed by atoms with Crippen LogP contribution in [0.5, 0.6) is 0 Å². The summed E-state index contributed by atoms with van der Waals surface area (Å²) < 4.78 is 35.7. The summed E-state index contributed by atoms with van der Waals surface area (Å²) in [5, 5.41) is 8.36. The van der Waals surface area contributed by atoms with E-state index in [1.165, 1.54) is 12.1 Å². The van der Waals surface area contributed by atoms with Crippen LogP contribution in [0.3, 0.4) is 0 Å². The van der Waals surface area contributed by atoms with Crippen LogP contribution in [0, 0.1) is 0 Å². The summed E-state index contributed by atoms with van der Waals surface area (Å²) in [7, 11) is 0. The molecule has 0 saturated heterocycles. The Morgan fingerprint density at radius 3 is 2.12 bits per heavy atom. The number of rotatable bonds is 1. The van der Waals surface area contributed by atoms with Gasteiger partial charge in [0, 0.05) is 5.69 Å². The highest BCUT2D eigenvalue weighted by molar-refractivity contribution is 5.41. The van der Waals surface area contributed by atoms with Crippen molar-refractivity contribution in [2.75, 3.05) is 5.73 Å². The van der Waals surface area contributed by atoms with E-state index < -0.39 is 11.7 Å². The molecule has 2 nitrogen and oxygen atoms in total. The van der Waals surface area contributed by atoms with Crippen molar-refractivity contribution in [2.45, 2.75) is 32.5 Å². The zero-order chi connectivity index (χ0) is 12.8. The Bertz CT molecular complexity index is 310. The highest BCUT2D eigenvalue weighted by atomic mass is 19.4. The Hall–Kier alpha value is -1.23. The Morgan fingerprint density at radius 2 is 1.88 bits per heavy atom. The van der Waals surface area contributed by atoms with E-state index in [1.807, 2.05) is 6.92 Å². The molecule has 0 saturated carbocycles. The summed E-state index contributed by atoms with van der Waals surface area (Å²) in [6.07, 6.45) is -3.55. The molecule has 5 heteroatoms. The first kappa shape index (κ1) is 14.8. The third-order valence-electron chi connectivity index (χ3n) is 1.80. The number of nitrogen functional groups attached to an aromatic ring is 1. The number of nitrogens with two attached hydrogens (primary N) is 1. The normalized spacial score (nSPS) is 12.6. The van der Waals surface area contributed by atoms with Gasteiger partial charge in [-0.05, 0) is 31.5 Å². The lowest BCUT2D eigenvalue weighted by atomic mass is 10.2. The predicted octanol–water partition coefficient (Wildman–Crippen LogP) is 3.06. The van der Waals surface area contributed by atoms with E-state index in [2.05, 4.69) is 0 Å². The second kappa shape index (κ2) is 6.37. The zero-order valence-corrected chi connectivity index (χ0v) is 9.25. The summed E-state index contributed by atoms with van der Waals surface area (Å²) in [5.41, 5.74) is 4.57. The standard InChI is InChI=1S/C7H6F3N.C4H10O/c8-7(9,10)5-2-1-3-6(11)4-5;1-3-4(2)5/h1-4H,11H2;4-5H,3H2,1-2H3. The molecule has 0 heterocycles. The van der Waals surface area contributed by atoms with Crippen molar-refractivity contribution >= 4 is 5.69 Å². The molecule has 0 aliphatic rings. The van der Waals surface area contributed by atoms with Crippen LogP contribution in [0.2, 0.25) is 0 Å². The SMILES string of the molecule is CCC(C)O.Nc1cccc(C(F)(F)F)c1. The Morgan fingerprint density at radius 1 is 1.38 bits per heavy atom. The summed E-state index contributed by atoms with van der Waals surface area (Å²) in [5.74, 6) is 0. The van der Waals surface area contributed by atoms with Gasteiger partial charge in [0.05, 0.1) is 11.7 Å². The summed E-state index contributed by atoms with van der Waals surface area (Å²) in [6.45, 7) is 3.73. The van der Waals surface area contributed by atoms with Crippen molar-refractivity contribution in [3.63, 3.8) is 0 Å². The summed E-state index contributed by atoms with van der Waals surface area (Å²) in [4.78, 5) is 0. The zero-order valence-electron chi connectivity index (χ0n) is 9.25. The molecule has 1 atom stereocenters. The largest absolute Gasteiger partial charge is 0.416 e. The number of hydrogen-bond acceptors (Lipinski definition) is 2. The lowest BCUT2D eigenvalue weighted by Crippen LogP contribution is -2.04. The first-order chi connectivity index (χ1) is 7.27. The van der Waals surface area contributed by atoms with Gasteiger partial charge in [0.2, 0.25) is 0 Å². The maximum Gasteiger partial charge on any atom is 0.416 e. The number of benzene rings is 1. The van der Waals surface area contributed by atoms with E-state index in [-0.39, 0.29) is 11.8 Å². The van der Waals surface area contributed by atoms with Crippen molar-refractivity contribution in [3.8, 4) is 0 Å². The molecule has 0 aliphatic carbocycles. The molecular formula is C11H16F3NO. The predicted molar refractivity (Wildman–Crippen MR) is 57.8 cm³/mol. The lowest BCUT2D eigenvalue weighted by Gasteiger charge is -2.05. The third kappa shape index (κ3) is 6.29. The molecule has 1 unspecified atom stereocenters. The third-order valence-corrected chi connectivity index (χ3v) is 1.80. The average Bonchev–Trinajstić information content (AvgIpc) is 2.17. The maximum absolute atomic E-state index is 11.9. The molecule has 0 aliphatic heterocycles. The first-order valence-corrected chi connectivity index (χ1v) is 4.88. The molecule has 0 aromatic heterocycles. The number of halogens is 3. The smallest absolute Gasteiger partial charge is 0.399 e. The van der Waals surface area contributed by atoms with Crippen molar-refractivity contribution < 1.29 is 18.3 Å². The fraction of sp³-hybridized carbons (Fsp3) is 0.455. The number of hydrogen-bond donors (Lipinski definition) is 2. The van der Waals surface area contributed by atoms with Gasteiger partial charge < -0.3 is 10.8 Å². The second-order valence-corrected chi connectivity index (χ2v) is 3.38. The van der Waals surface area contributed by atoms with E-state index in [0.717, 1.165) is 18.6 Å². The van der Waals surface area contributed by atoms with Crippen LogP contribution in [0.1, 0.15) is 25.8 Å². The lowest BCUT2D eigenvalue weighted by molar-refractivity contribution is -0.137. The van der Waals surface area contributed by atoms with E-state index in [0.29, 0.717) is 0 Å². The molecule has 1 aromatic rings. The topological polar surface area (TPSA) is 46.2 Å². The Balaban J connectivity index is 0.000000385.